The fraction of sp³-hybridized carbons (Fsp3) is 0.292. The minimum atomic E-state index is -1.03. The van der Waals surface area contributed by atoms with Gasteiger partial charge in [-0.15, -0.1) is 0 Å². The first-order valence-corrected chi connectivity index (χ1v) is 10.5. The van der Waals surface area contributed by atoms with Crippen LogP contribution in [0.5, 0.6) is 0 Å². The summed E-state index contributed by atoms with van der Waals surface area (Å²) in [6.45, 7) is 3.87. The van der Waals surface area contributed by atoms with Crippen LogP contribution in [0, 0.1) is 0 Å². The number of benzene rings is 2. The first-order valence-electron chi connectivity index (χ1n) is 10.5. The largest absolute Gasteiger partial charge is 0.480 e. The number of nitrogens with zero attached hydrogens (tertiary/aromatic N) is 3. The Labute approximate surface area is 185 Å². The Bertz CT molecular complexity index is 1160. The van der Waals surface area contributed by atoms with Crippen LogP contribution in [0.25, 0.3) is 10.9 Å². The second-order valence-electron chi connectivity index (χ2n) is 8.02. The highest BCUT2D eigenvalue weighted by Gasteiger charge is 2.33. The number of hydrogen-bond acceptors (Lipinski definition) is 4. The highest BCUT2D eigenvalue weighted by Crippen LogP contribution is 2.32. The Morgan fingerprint density at radius 3 is 2.25 bits per heavy atom. The lowest BCUT2D eigenvalue weighted by Crippen LogP contribution is -2.50. The molecule has 0 bridgehead atoms. The van der Waals surface area contributed by atoms with Gasteiger partial charge >= 0.3 is 11.9 Å². The van der Waals surface area contributed by atoms with Crippen molar-refractivity contribution in [1.82, 2.24) is 14.4 Å². The molecule has 2 N–H and O–H groups in total. The van der Waals surface area contributed by atoms with Crippen molar-refractivity contribution >= 4 is 28.7 Å². The Hall–Kier alpha value is -3.65. The van der Waals surface area contributed by atoms with Crippen molar-refractivity contribution in [2.45, 2.75) is 19.5 Å². The summed E-state index contributed by atoms with van der Waals surface area (Å²) < 4.78 is 1.91. The first-order chi connectivity index (χ1) is 15.3. The number of fused-ring (bicyclic) bond motifs is 1. The molecule has 32 heavy (non-hydrogen) atoms. The van der Waals surface area contributed by atoms with E-state index in [0.717, 1.165) is 5.56 Å². The molecule has 8 nitrogen and oxygen atoms in total. The van der Waals surface area contributed by atoms with Gasteiger partial charge in [-0.25, -0.2) is 4.79 Å². The number of aromatic nitrogens is 1. The third-order valence-electron chi connectivity index (χ3n) is 6.01. The summed E-state index contributed by atoms with van der Waals surface area (Å²) >= 11 is 0. The average Bonchev–Trinajstić information content (AvgIpc) is 3.12. The van der Waals surface area contributed by atoms with Crippen LogP contribution in [-0.2, 0) is 16.1 Å². The molecule has 2 aromatic carbocycles. The zero-order chi connectivity index (χ0) is 22.8. The molecule has 1 fully saturated rings. The number of carboxylic acid groups (broad SMARTS) is 2. The molecule has 0 radical (unpaired) electrons. The molecular weight excluding hydrogens is 410 g/mol. The zero-order valence-electron chi connectivity index (χ0n) is 17.8. The summed E-state index contributed by atoms with van der Waals surface area (Å²) in [5.74, 6) is -2.02. The van der Waals surface area contributed by atoms with Gasteiger partial charge in [0.15, 0.2) is 0 Å². The molecule has 1 aliphatic heterocycles. The van der Waals surface area contributed by atoms with Crippen LogP contribution >= 0.6 is 0 Å². The minimum Gasteiger partial charge on any atom is -0.480 e. The Morgan fingerprint density at radius 1 is 0.969 bits per heavy atom. The summed E-state index contributed by atoms with van der Waals surface area (Å²) in [5, 5.41) is 20.3. The van der Waals surface area contributed by atoms with Crippen molar-refractivity contribution in [3.05, 3.63) is 71.4 Å². The molecule has 1 unspecified atom stereocenters. The number of hydrogen-bond donors (Lipinski definition) is 2. The lowest BCUT2D eigenvalue weighted by Gasteiger charge is -2.37. The molecule has 0 aliphatic carbocycles. The summed E-state index contributed by atoms with van der Waals surface area (Å²) in [6, 6.07) is 13.6. The van der Waals surface area contributed by atoms with Gasteiger partial charge in [0.2, 0.25) is 5.91 Å². The van der Waals surface area contributed by atoms with E-state index in [1.54, 1.807) is 17.0 Å². The number of aromatic carboxylic acids is 1. The van der Waals surface area contributed by atoms with Crippen LogP contribution in [0.15, 0.2) is 54.7 Å². The number of carboxylic acids is 2. The van der Waals surface area contributed by atoms with Gasteiger partial charge in [-0.05, 0) is 17.7 Å². The molecule has 1 aliphatic rings. The Morgan fingerprint density at radius 2 is 1.66 bits per heavy atom. The van der Waals surface area contributed by atoms with Crippen LogP contribution in [0.3, 0.4) is 0 Å². The number of aliphatic carboxylic acids is 1. The molecular formula is C24H25N3O5. The predicted octanol–water partition coefficient (Wildman–Crippen LogP) is 2.68. The number of piperazine rings is 1. The standard InChI is InChI=1S/C24H25N3O5/c1-16(28)25-9-11-26(12-10-25)22(24(31)32)20-15-27(14-17-5-3-2-4-6-17)21-13-18(23(29)30)7-8-19(20)21/h2-8,13,15,22H,9-12,14H2,1H3,(H,29,30)(H,31,32). The topological polar surface area (TPSA) is 103 Å². The van der Waals surface area contributed by atoms with Gasteiger partial charge in [-0.1, -0.05) is 36.4 Å². The van der Waals surface area contributed by atoms with Crippen LogP contribution in [0.1, 0.15) is 34.5 Å². The third kappa shape index (κ3) is 4.22. The smallest absolute Gasteiger partial charge is 0.335 e. The maximum Gasteiger partial charge on any atom is 0.335 e. The van der Waals surface area contributed by atoms with Crippen molar-refractivity contribution in [1.29, 1.82) is 0 Å². The molecule has 0 spiro atoms. The number of carbonyl (C=O) groups excluding carboxylic acids is 1. The quantitative estimate of drug-likeness (QED) is 0.617. The van der Waals surface area contributed by atoms with Crippen molar-refractivity contribution in [3.8, 4) is 0 Å². The molecule has 1 saturated heterocycles. The van der Waals surface area contributed by atoms with Gasteiger partial charge in [-0.3, -0.25) is 14.5 Å². The highest BCUT2D eigenvalue weighted by atomic mass is 16.4. The zero-order valence-corrected chi connectivity index (χ0v) is 17.8. The highest BCUT2D eigenvalue weighted by molar-refractivity contribution is 5.96. The first kappa shape index (κ1) is 21.6. The maximum atomic E-state index is 12.4. The SMILES string of the molecule is CC(=O)N1CCN(C(C(=O)O)c2cn(Cc3ccccc3)c3cc(C(=O)O)ccc23)CC1. The van der Waals surface area contributed by atoms with Crippen LogP contribution in [0.4, 0.5) is 0 Å². The molecule has 8 heteroatoms. The predicted molar refractivity (Wildman–Crippen MR) is 119 cm³/mol. The van der Waals surface area contributed by atoms with Crippen molar-refractivity contribution in [3.63, 3.8) is 0 Å². The summed E-state index contributed by atoms with van der Waals surface area (Å²) in [5.41, 5.74) is 2.48. The van der Waals surface area contributed by atoms with E-state index < -0.39 is 18.0 Å². The molecule has 166 valence electrons. The van der Waals surface area contributed by atoms with Gasteiger partial charge < -0.3 is 19.7 Å². The van der Waals surface area contributed by atoms with Crippen molar-refractivity contribution in [2.75, 3.05) is 26.2 Å². The molecule has 0 saturated carbocycles. The van der Waals surface area contributed by atoms with Gasteiger partial charge in [-0.2, -0.15) is 0 Å². The van der Waals surface area contributed by atoms with E-state index in [9.17, 15) is 24.6 Å². The summed E-state index contributed by atoms with van der Waals surface area (Å²) in [7, 11) is 0. The lowest BCUT2D eigenvalue weighted by molar-refractivity contribution is -0.144. The maximum absolute atomic E-state index is 12.4. The van der Waals surface area contributed by atoms with E-state index in [4.69, 9.17) is 0 Å². The van der Waals surface area contributed by atoms with Gasteiger partial charge in [0.25, 0.3) is 0 Å². The van der Waals surface area contributed by atoms with E-state index in [0.29, 0.717) is 49.2 Å². The van der Waals surface area contributed by atoms with Crippen molar-refractivity contribution < 1.29 is 24.6 Å². The van der Waals surface area contributed by atoms with Gasteiger partial charge in [0, 0.05) is 62.3 Å². The molecule has 1 aromatic heterocycles. The summed E-state index contributed by atoms with van der Waals surface area (Å²) in [6.07, 6.45) is 1.82. The Balaban J connectivity index is 1.77. The van der Waals surface area contributed by atoms with E-state index in [2.05, 4.69) is 0 Å². The molecule has 1 atom stereocenters. The van der Waals surface area contributed by atoms with Gasteiger partial charge in [0.1, 0.15) is 6.04 Å². The third-order valence-corrected chi connectivity index (χ3v) is 6.01. The van der Waals surface area contributed by atoms with E-state index in [1.165, 1.54) is 13.0 Å². The lowest BCUT2D eigenvalue weighted by atomic mass is 10.0. The van der Waals surface area contributed by atoms with Crippen LogP contribution in [0.2, 0.25) is 0 Å². The fourth-order valence-electron chi connectivity index (χ4n) is 4.36. The van der Waals surface area contributed by atoms with Crippen molar-refractivity contribution in [2.24, 2.45) is 0 Å². The number of amides is 1. The van der Waals surface area contributed by atoms with Crippen LogP contribution in [-0.4, -0.2) is 68.6 Å². The normalized spacial score (nSPS) is 15.6. The second kappa shape index (κ2) is 8.84. The molecule has 1 amide bonds. The van der Waals surface area contributed by atoms with Gasteiger partial charge in [0.05, 0.1) is 5.56 Å². The minimum absolute atomic E-state index is 0.0165. The van der Waals surface area contributed by atoms with E-state index in [1.807, 2.05) is 46.0 Å². The molecule has 3 aromatic rings. The molecule has 4 rings (SSSR count). The monoisotopic (exact) mass is 435 g/mol. The number of rotatable bonds is 6. The number of carbonyl (C=O) groups is 3. The van der Waals surface area contributed by atoms with E-state index >= 15 is 0 Å². The second-order valence-corrected chi connectivity index (χ2v) is 8.02. The fourth-order valence-corrected chi connectivity index (χ4v) is 4.36. The average molecular weight is 435 g/mol. The van der Waals surface area contributed by atoms with Crippen LogP contribution < -0.4 is 0 Å². The Kier molecular flexibility index (Phi) is 5.96. The summed E-state index contributed by atoms with van der Waals surface area (Å²) in [4.78, 5) is 39.2. The molecule has 2 heterocycles. The van der Waals surface area contributed by atoms with E-state index in [-0.39, 0.29) is 11.5 Å².